The van der Waals surface area contributed by atoms with Crippen molar-refractivity contribution in [1.29, 1.82) is 5.26 Å². The Morgan fingerprint density at radius 3 is 1.94 bits per heavy atom. The van der Waals surface area contributed by atoms with Crippen LogP contribution >= 0.6 is 12.2 Å². The number of Topliss-reactive ketones (excluding diaryl/α,β-unsaturated/α-hetero) is 1. The van der Waals surface area contributed by atoms with Gasteiger partial charge in [0.05, 0.1) is 10.8 Å². The molecule has 1 aromatic carbocycles. The number of ketones is 1. The fraction of sp³-hybridized carbons (Fsp3) is 0.591. The Morgan fingerprint density at radius 2 is 1.65 bits per heavy atom. The maximum atomic E-state index is 12.6. The SMILES string of the molecule is CCC(=O)c1c(C(C)C)cc2c(c1C(C)C)CCC2(C)C.N.N#CN.[Ca+2].[N-]=C=S.[Na+].[O-][Cl+2]([O-])[O-]. The Bertz CT molecular complexity index is 810. The van der Waals surface area contributed by atoms with Crippen LogP contribution in [0.3, 0.4) is 0 Å². The zero-order valence-electron chi connectivity index (χ0n) is 21.7. The molecule has 1 aliphatic carbocycles. The summed E-state index contributed by atoms with van der Waals surface area (Å²) in [7, 11) is -2.85. The third kappa shape index (κ3) is 14.8. The predicted octanol–water partition coefficient (Wildman–Crippen LogP) is -0.947. The topological polar surface area (TPSA) is 193 Å². The summed E-state index contributed by atoms with van der Waals surface area (Å²) in [5.41, 5.74) is 11.0. The summed E-state index contributed by atoms with van der Waals surface area (Å²) < 4.78 is 25.2. The molecule has 1 aliphatic rings. The first-order valence-electron chi connectivity index (χ1n) is 9.84. The van der Waals surface area contributed by atoms with Crippen molar-refractivity contribution < 1.29 is 59.1 Å². The first kappa shape index (κ1) is 44.4. The molecule has 0 unspecified atom stereocenters. The van der Waals surface area contributed by atoms with Gasteiger partial charge in [0, 0.05) is 12.0 Å². The van der Waals surface area contributed by atoms with E-state index in [0.717, 1.165) is 12.0 Å². The van der Waals surface area contributed by atoms with Gasteiger partial charge in [-0.1, -0.05) is 66.8 Å². The van der Waals surface area contributed by atoms with Crippen molar-refractivity contribution >= 4 is 60.9 Å². The van der Waals surface area contributed by atoms with Gasteiger partial charge in [0.1, 0.15) is 0 Å². The molecule has 8 nitrogen and oxygen atoms in total. The molecule has 0 atom stereocenters. The van der Waals surface area contributed by atoms with Crippen molar-refractivity contribution in [2.75, 3.05) is 0 Å². The zero-order chi connectivity index (χ0) is 24.9. The smallest absolute Gasteiger partial charge is 0.753 e. The second-order valence-corrected chi connectivity index (χ2v) is 8.72. The molecule has 0 bridgehead atoms. The van der Waals surface area contributed by atoms with Crippen LogP contribution < -0.4 is 55.4 Å². The molecule has 182 valence electrons. The van der Waals surface area contributed by atoms with Gasteiger partial charge in [-0.15, -0.1) is 0 Å². The molecule has 2 rings (SSSR count). The number of hydrogen-bond acceptors (Lipinski definition) is 8. The molecular formula is C22H35CaClN4NaO4S+. The molecule has 1 aromatic rings. The van der Waals surface area contributed by atoms with Gasteiger partial charge >= 0.3 is 67.3 Å². The van der Waals surface area contributed by atoms with E-state index >= 15 is 0 Å². The summed E-state index contributed by atoms with van der Waals surface area (Å²) in [6.07, 6.45) is 4.17. The normalized spacial score (nSPS) is 11.8. The first-order chi connectivity index (χ1) is 14.3. The Hall–Kier alpha value is 0.370. The van der Waals surface area contributed by atoms with Gasteiger partial charge in [0.25, 0.3) is 0 Å². The van der Waals surface area contributed by atoms with Crippen LogP contribution in [0.4, 0.5) is 0 Å². The van der Waals surface area contributed by atoms with Gasteiger partial charge in [-0.25, -0.2) is 0 Å². The van der Waals surface area contributed by atoms with Crippen molar-refractivity contribution in [2.24, 2.45) is 5.73 Å². The first-order valence-corrected chi connectivity index (χ1v) is 11.2. The molecule has 34 heavy (non-hydrogen) atoms. The number of carbonyl (C=O) groups is 1. The molecule has 0 heterocycles. The number of rotatable bonds is 4. The van der Waals surface area contributed by atoms with Gasteiger partial charge in [-0.05, 0) is 52.3 Å². The summed E-state index contributed by atoms with van der Waals surface area (Å²) in [6.45, 7) is 15.5. The fourth-order valence-corrected chi connectivity index (χ4v) is 3.79. The Morgan fingerprint density at radius 1 is 1.26 bits per heavy atom. The maximum Gasteiger partial charge on any atom is 2.00 e. The quantitative estimate of drug-likeness (QED) is 0.120. The standard InChI is InChI=1S/C20H30O.CH2N2.CNS.Ca.ClO3.H3N.Na/c1-8-17(21)19-15(12(2)3)11-16-14(18(19)13(4)5)9-10-20(16,6)7;2*2-1-3;;2-1(3)4;;/h11-13H,8-10H2,1-7H3;2H2;;;;1H3;/q;;-1;+2;-1;;+1. The van der Waals surface area contributed by atoms with Gasteiger partial charge in [0.2, 0.25) is 0 Å². The molecule has 12 heteroatoms. The molecule has 5 N–H and O–H groups in total. The minimum absolute atomic E-state index is 0. The van der Waals surface area contributed by atoms with E-state index in [9.17, 15) is 4.79 Å². The number of fused-ring (bicyclic) bond motifs is 1. The van der Waals surface area contributed by atoms with E-state index in [2.05, 4.69) is 65.6 Å². The Kier molecular flexibility index (Phi) is 29.4. The van der Waals surface area contributed by atoms with Crippen LogP contribution in [0.2, 0.25) is 0 Å². The number of benzene rings is 1. The van der Waals surface area contributed by atoms with E-state index in [1.807, 2.05) is 6.92 Å². The Labute approximate surface area is 264 Å². The maximum absolute atomic E-state index is 12.6. The minimum atomic E-state index is -2.85. The van der Waals surface area contributed by atoms with E-state index in [1.54, 1.807) is 0 Å². The largest absolute Gasteiger partial charge is 2.00 e. The van der Waals surface area contributed by atoms with Crippen LogP contribution in [0.15, 0.2) is 6.07 Å². The number of nitrogens with zero attached hydrogens (tertiary/aromatic N) is 2. The molecule has 0 amide bonds. The predicted molar refractivity (Wildman–Crippen MR) is 127 cm³/mol. The van der Waals surface area contributed by atoms with Gasteiger partial charge < -0.3 is 31.3 Å². The zero-order valence-corrected chi connectivity index (χ0v) is 27.4. The molecule has 0 aromatic heterocycles. The number of halogens is 1. The van der Waals surface area contributed by atoms with Crippen molar-refractivity contribution in [1.82, 2.24) is 6.15 Å². The number of nitriles is 1. The fourth-order valence-electron chi connectivity index (χ4n) is 3.79. The molecule has 0 radical (unpaired) electrons. The number of thiocarbonyl (C=S) groups is 1. The van der Waals surface area contributed by atoms with Crippen LogP contribution in [0, 0.1) is 22.2 Å². The molecule has 0 saturated carbocycles. The van der Waals surface area contributed by atoms with Crippen molar-refractivity contribution in [2.45, 2.75) is 85.0 Å². The average molecular weight is 550 g/mol. The van der Waals surface area contributed by atoms with E-state index < -0.39 is 10.8 Å². The molecule has 0 saturated heterocycles. The Balaban J connectivity index is -0.000000186. The molecule has 0 spiro atoms. The van der Waals surface area contributed by atoms with Crippen molar-refractivity contribution in [3.63, 3.8) is 0 Å². The van der Waals surface area contributed by atoms with Crippen LogP contribution in [0.25, 0.3) is 5.41 Å². The average Bonchev–Trinajstić information content (AvgIpc) is 2.94. The van der Waals surface area contributed by atoms with Crippen LogP contribution in [-0.2, 0) is 11.8 Å². The third-order valence-corrected chi connectivity index (χ3v) is 5.04. The van der Waals surface area contributed by atoms with Crippen molar-refractivity contribution in [3.8, 4) is 6.19 Å². The van der Waals surface area contributed by atoms with Crippen LogP contribution in [0.5, 0.6) is 0 Å². The summed E-state index contributed by atoms with van der Waals surface area (Å²) in [5, 5.41) is 15.6. The van der Waals surface area contributed by atoms with Gasteiger partial charge in [-0.2, -0.15) is 10.4 Å². The van der Waals surface area contributed by atoms with E-state index in [0.29, 0.717) is 24.0 Å². The van der Waals surface area contributed by atoms with Gasteiger partial charge in [0.15, 0.2) is 12.0 Å². The van der Waals surface area contributed by atoms with Gasteiger partial charge in [-0.3, -0.25) is 4.79 Å². The molecular weight excluding hydrogens is 515 g/mol. The summed E-state index contributed by atoms with van der Waals surface area (Å²) in [5.74, 6) is 1.13. The monoisotopic (exact) mass is 549 g/mol. The van der Waals surface area contributed by atoms with E-state index in [4.69, 9.17) is 24.6 Å². The number of nitrogens with two attached hydrogens (primary N) is 1. The molecule has 0 fully saturated rings. The molecule has 0 aliphatic heterocycles. The van der Waals surface area contributed by atoms with Crippen molar-refractivity contribution in [3.05, 3.63) is 39.3 Å². The summed E-state index contributed by atoms with van der Waals surface area (Å²) >= 11 is 3.70. The van der Waals surface area contributed by atoms with E-state index in [1.165, 1.54) is 40.0 Å². The van der Waals surface area contributed by atoms with E-state index in [-0.39, 0.29) is 78.9 Å². The number of hydrogen-bond donors (Lipinski definition) is 2. The minimum Gasteiger partial charge on any atom is -0.753 e. The summed E-state index contributed by atoms with van der Waals surface area (Å²) in [4.78, 5) is 12.6. The van der Waals surface area contributed by atoms with Crippen LogP contribution in [0.1, 0.15) is 106 Å². The summed E-state index contributed by atoms with van der Waals surface area (Å²) in [6, 6.07) is 2.35. The second kappa shape index (κ2) is 22.6. The number of carbonyl (C=O) groups excluding carboxylic acids is 1. The van der Waals surface area contributed by atoms with Crippen LogP contribution in [-0.4, -0.2) is 48.7 Å². The second-order valence-electron chi connectivity index (χ2n) is 8.16. The third-order valence-electron chi connectivity index (χ3n) is 5.04. The number of isothiocyanates is 1.